The van der Waals surface area contributed by atoms with Gasteiger partial charge in [0.2, 0.25) is 5.91 Å². The van der Waals surface area contributed by atoms with Crippen LogP contribution in [0.25, 0.3) is 11.7 Å². The van der Waals surface area contributed by atoms with Crippen LogP contribution in [0.15, 0.2) is 54.9 Å². The topological polar surface area (TPSA) is 55.6 Å². The normalized spacial score (nSPS) is 11.4. The van der Waals surface area contributed by atoms with Gasteiger partial charge in [-0.15, -0.1) is 0 Å². The van der Waals surface area contributed by atoms with Crippen molar-refractivity contribution in [2.75, 3.05) is 0 Å². The number of halogens is 1. The summed E-state index contributed by atoms with van der Waals surface area (Å²) in [6.07, 6.45) is 6.32. The third-order valence-corrected chi connectivity index (χ3v) is 3.57. The molecule has 0 spiro atoms. The van der Waals surface area contributed by atoms with Crippen molar-refractivity contribution in [2.24, 2.45) is 0 Å². The van der Waals surface area contributed by atoms with E-state index >= 15 is 0 Å². The molecule has 0 saturated heterocycles. The van der Waals surface area contributed by atoms with E-state index < -0.39 is 0 Å². The van der Waals surface area contributed by atoms with E-state index in [-0.39, 0.29) is 24.4 Å². The van der Waals surface area contributed by atoms with Gasteiger partial charge in [-0.05, 0) is 49.8 Å². The zero-order valence-corrected chi connectivity index (χ0v) is 14.6. The molecule has 134 valence electrons. The molecule has 3 aromatic rings. The van der Waals surface area contributed by atoms with Gasteiger partial charge in [-0.1, -0.05) is 12.1 Å². The van der Waals surface area contributed by atoms with Crippen LogP contribution < -0.4 is 10.1 Å². The monoisotopic (exact) mass is 353 g/mol. The molecule has 6 heteroatoms. The molecule has 26 heavy (non-hydrogen) atoms. The molecule has 0 radical (unpaired) electrons. The molecule has 0 atom stereocenters. The van der Waals surface area contributed by atoms with Crippen LogP contribution in [0, 0.1) is 5.82 Å². The number of nitrogens with one attached hydrogen (secondary N) is 1. The lowest BCUT2D eigenvalue weighted by Gasteiger charge is -2.09. The number of hydrogen-bond acceptors (Lipinski definition) is 3. The highest BCUT2D eigenvalue weighted by Gasteiger charge is 2.04. The lowest BCUT2D eigenvalue weighted by Crippen LogP contribution is -2.20. The molecule has 1 N–H and O–H groups in total. The summed E-state index contributed by atoms with van der Waals surface area (Å²) in [5.74, 6) is 0.194. The summed E-state index contributed by atoms with van der Waals surface area (Å²) in [6.45, 7) is 4.19. The number of hydrogen-bond donors (Lipinski definition) is 1. The largest absolute Gasteiger partial charge is 0.491 e. The van der Waals surface area contributed by atoms with Gasteiger partial charge in [0.05, 0.1) is 18.3 Å². The van der Waals surface area contributed by atoms with Crippen LogP contribution in [-0.4, -0.2) is 21.4 Å². The lowest BCUT2D eigenvalue weighted by atomic mass is 10.2. The van der Waals surface area contributed by atoms with Crippen molar-refractivity contribution in [1.82, 2.24) is 14.7 Å². The third kappa shape index (κ3) is 4.69. The second-order valence-corrected chi connectivity index (χ2v) is 6.14. The molecule has 0 aliphatic carbocycles. The number of carbonyl (C=O) groups excluding carboxylic acids is 1. The van der Waals surface area contributed by atoms with Crippen LogP contribution in [-0.2, 0) is 11.3 Å². The van der Waals surface area contributed by atoms with Crippen LogP contribution in [0.1, 0.15) is 25.1 Å². The average molecular weight is 353 g/mol. The molecule has 1 aromatic carbocycles. The fourth-order valence-corrected chi connectivity index (χ4v) is 2.47. The van der Waals surface area contributed by atoms with Crippen molar-refractivity contribution in [2.45, 2.75) is 26.5 Å². The first-order valence-electron chi connectivity index (χ1n) is 8.35. The van der Waals surface area contributed by atoms with Crippen LogP contribution in [0.5, 0.6) is 5.75 Å². The molecular weight excluding hydrogens is 333 g/mol. The minimum Gasteiger partial charge on any atom is -0.491 e. The summed E-state index contributed by atoms with van der Waals surface area (Å²) in [4.78, 5) is 16.3. The van der Waals surface area contributed by atoms with Crippen molar-refractivity contribution in [3.63, 3.8) is 0 Å². The first-order valence-corrected chi connectivity index (χ1v) is 8.35. The van der Waals surface area contributed by atoms with Crippen molar-refractivity contribution in [3.05, 3.63) is 71.9 Å². The number of amides is 1. The Morgan fingerprint density at radius 2 is 2.15 bits per heavy atom. The number of pyridine rings is 1. The van der Waals surface area contributed by atoms with Crippen molar-refractivity contribution in [1.29, 1.82) is 0 Å². The Morgan fingerprint density at radius 1 is 1.31 bits per heavy atom. The van der Waals surface area contributed by atoms with Gasteiger partial charge in [-0.2, -0.15) is 0 Å². The van der Waals surface area contributed by atoms with Crippen molar-refractivity contribution in [3.8, 4) is 5.75 Å². The second-order valence-electron chi connectivity index (χ2n) is 6.14. The fourth-order valence-electron chi connectivity index (χ4n) is 2.47. The van der Waals surface area contributed by atoms with Crippen LogP contribution in [0.4, 0.5) is 4.39 Å². The van der Waals surface area contributed by atoms with Crippen LogP contribution >= 0.6 is 0 Å². The molecule has 3 rings (SSSR count). The fraction of sp³-hybridized carbons (Fsp3) is 0.200. The van der Waals surface area contributed by atoms with Crippen molar-refractivity contribution < 1.29 is 13.9 Å². The number of benzene rings is 1. The van der Waals surface area contributed by atoms with Crippen molar-refractivity contribution >= 4 is 17.6 Å². The average Bonchev–Trinajstić information content (AvgIpc) is 3.00. The number of rotatable bonds is 6. The van der Waals surface area contributed by atoms with E-state index in [2.05, 4.69) is 10.3 Å². The van der Waals surface area contributed by atoms with E-state index in [1.807, 2.05) is 38.1 Å². The van der Waals surface area contributed by atoms with E-state index in [9.17, 15) is 9.18 Å². The van der Waals surface area contributed by atoms with Crippen LogP contribution in [0.2, 0.25) is 0 Å². The van der Waals surface area contributed by atoms with E-state index in [4.69, 9.17) is 4.74 Å². The quantitative estimate of drug-likeness (QED) is 0.689. The molecule has 1 amide bonds. The molecule has 0 unspecified atom stereocenters. The Hall–Kier alpha value is -3.15. The Morgan fingerprint density at radius 3 is 2.96 bits per heavy atom. The molecule has 0 aliphatic heterocycles. The van der Waals surface area contributed by atoms with E-state index in [0.717, 1.165) is 11.3 Å². The SMILES string of the molecule is CC(C)Oc1cccc(/C=C/C(=O)NCc2cn3cc(F)ccc3n2)c1. The second kappa shape index (κ2) is 7.82. The molecule has 2 heterocycles. The summed E-state index contributed by atoms with van der Waals surface area (Å²) in [5.41, 5.74) is 2.17. The van der Waals surface area contributed by atoms with Gasteiger partial charge in [-0.25, -0.2) is 9.37 Å². The molecule has 0 saturated carbocycles. The number of fused-ring (bicyclic) bond motifs is 1. The molecular formula is C20H20FN3O2. The Bertz CT molecular complexity index is 947. The lowest BCUT2D eigenvalue weighted by molar-refractivity contribution is -0.116. The van der Waals surface area contributed by atoms with Crippen LogP contribution in [0.3, 0.4) is 0 Å². The highest BCUT2D eigenvalue weighted by Crippen LogP contribution is 2.16. The molecule has 0 aliphatic rings. The van der Waals surface area contributed by atoms with Gasteiger partial charge in [0, 0.05) is 18.5 Å². The minimum absolute atomic E-state index is 0.0939. The van der Waals surface area contributed by atoms with E-state index in [1.54, 1.807) is 22.7 Å². The minimum atomic E-state index is -0.336. The summed E-state index contributed by atoms with van der Waals surface area (Å²) in [6, 6.07) is 10.5. The maximum Gasteiger partial charge on any atom is 0.244 e. The van der Waals surface area contributed by atoms with E-state index in [1.165, 1.54) is 18.3 Å². The van der Waals surface area contributed by atoms with E-state index in [0.29, 0.717) is 11.3 Å². The molecule has 0 bridgehead atoms. The first-order chi connectivity index (χ1) is 12.5. The highest BCUT2D eigenvalue weighted by molar-refractivity contribution is 5.91. The van der Waals surface area contributed by atoms with Gasteiger partial charge in [0.25, 0.3) is 0 Å². The van der Waals surface area contributed by atoms with Gasteiger partial charge in [0.1, 0.15) is 17.2 Å². The smallest absolute Gasteiger partial charge is 0.244 e. The number of nitrogens with zero attached hydrogens (tertiary/aromatic N) is 2. The Kier molecular flexibility index (Phi) is 5.31. The summed E-state index contributed by atoms with van der Waals surface area (Å²) >= 11 is 0. The molecule has 2 aromatic heterocycles. The van der Waals surface area contributed by atoms with Gasteiger partial charge >= 0.3 is 0 Å². The third-order valence-electron chi connectivity index (χ3n) is 3.57. The predicted molar refractivity (Wildman–Crippen MR) is 98.2 cm³/mol. The number of imidazole rings is 1. The maximum atomic E-state index is 13.2. The molecule has 5 nitrogen and oxygen atoms in total. The van der Waals surface area contributed by atoms with Gasteiger partial charge < -0.3 is 14.5 Å². The first kappa shape index (κ1) is 17.7. The number of ether oxygens (including phenoxy) is 1. The zero-order chi connectivity index (χ0) is 18.5. The summed E-state index contributed by atoms with van der Waals surface area (Å²) in [5, 5.41) is 2.77. The maximum absolute atomic E-state index is 13.2. The predicted octanol–water partition coefficient (Wildman–Crippen LogP) is 3.59. The number of carbonyl (C=O) groups is 1. The summed E-state index contributed by atoms with van der Waals surface area (Å²) in [7, 11) is 0. The Balaban J connectivity index is 1.58. The molecule has 0 fully saturated rings. The standard InChI is InChI=1S/C20H20FN3O2/c1-14(2)26-18-5-3-4-15(10-18)6-9-20(25)22-11-17-13-24-12-16(21)7-8-19(24)23-17/h3-10,12-14H,11H2,1-2H3,(H,22,25)/b9-6+. The zero-order valence-electron chi connectivity index (χ0n) is 14.6. The highest BCUT2D eigenvalue weighted by atomic mass is 19.1. The van der Waals surface area contributed by atoms with Gasteiger partial charge in [-0.3, -0.25) is 4.79 Å². The van der Waals surface area contributed by atoms with Gasteiger partial charge in [0.15, 0.2) is 0 Å². The Labute approximate surface area is 151 Å². The summed E-state index contributed by atoms with van der Waals surface area (Å²) < 4.78 is 20.4. The number of aromatic nitrogens is 2.